The average Bonchev–Trinajstić information content (AvgIpc) is 3.33. The lowest BCUT2D eigenvalue weighted by Crippen LogP contribution is -2.31. The summed E-state index contributed by atoms with van der Waals surface area (Å²) in [5.41, 5.74) is 7.33. The molecule has 8 heteroatoms. The molecule has 1 aromatic carbocycles. The molecule has 8 nitrogen and oxygen atoms in total. The Morgan fingerprint density at radius 2 is 2.04 bits per heavy atom. The van der Waals surface area contributed by atoms with Crippen LogP contribution in [0.4, 0.5) is 0 Å². The minimum absolute atomic E-state index is 0.0258. The zero-order valence-electron chi connectivity index (χ0n) is 14.1. The number of para-hydroxylation sites is 1. The van der Waals surface area contributed by atoms with E-state index in [0.717, 1.165) is 23.0 Å². The van der Waals surface area contributed by atoms with Crippen LogP contribution in [-0.4, -0.2) is 44.6 Å². The van der Waals surface area contributed by atoms with Crippen molar-refractivity contribution >= 4 is 22.7 Å². The van der Waals surface area contributed by atoms with E-state index in [9.17, 15) is 14.4 Å². The van der Waals surface area contributed by atoms with Crippen LogP contribution in [0.15, 0.2) is 41.3 Å². The maximum Gasteiger partial charge on any atom is 0.264 e. The van der Waals surface area contributed by atoms with Gasteiger partial charge in [-0.2, -0.15) is 0 Å². The third kappa shape index (κ3) is 2.79. The number of primary amides is 1. The van der Waals surface area contributed by atoms with Gasteiger partial charge in [0.15, 0.2) is 0 Å². The maximum atomic E-state index is 12.7. The van der Waals surface area contributed by atoms with Gasteiger partial charge in [0.1, 0.15) is 6.54 Å². The largest absolute Gasteiger partial charge is 0.366 e. The van der Waals surface area contributed by atoms with Crippen molar-refractivity contribution in [3.63, 3.8) is 0 Å². The Hall–Kier alpha value is -3.29. The fourth-order valence-corrected chi connectivity index (χ4v) is 3.63. The molecule has 134 valence electrons. The summed E-state index contributed by atoms with van der Waals surface area (Å²) in [6, 6.07) is 8.93. The number of nitrogens with zero attached hydrogens (tertiary/aromatic N) is 2. The molecule has 0 bridgehead atoms. The molecule has 4 N–H and O–H groups in total. The molecule has 0 spiro atoms. The number of aromatic amines is 2. The van der Waals surface area contributed by atoms with Crippen LogP contribution in [0.1, 0.15) is 28.4 Å². The lowest BCUT2D eigenvalue weighted by molar-refractivity contribution is -0.130. The fraction of sp³-hybridized carbons (Fsp3) is 0.278. The number of carbonyl (C=O) groups is 2. The van der Waals surface area contributed by atoms with Gasteiger partial charge in [-0.25, -0.2) is 0 Å². The predicted octanol–water partition coefficient (Wildman–Crippen LogP) is 0.773. The van der Waals surface area contributed by atoms with E-state index < -0.39 is 5.91 Å². The van der Waals surface area contributed by atoms with Crippen LogP contribution < -0.4 is 11.3 Å². The summed E-state index contributed by atoms with van der Waals surface area (Å²) in [6.45, 7) is 1.34. The smallest absolute Gasteiger partial charge is 0.264 e. The van der Waals surface area contributed by atoms with Crippen molar-refractivity contribution in [2.24, 2.45) is 5.73 Å². The molecule has 0 aliphatic carbocycles. The number of nitrogens with one attached hydrogen (secondary N) is 2. The number of aromatic nitrogens is 3. The van der Waals surface area contributed by atoms with E-state index in [-0.39, 0.29) is 23.9 Å². The molecule has 0 saturated carbocycles. The van der Waals surface area contributed by atoms with Crippen LogP contribution in [-0.2, 0) is 11.3 Å². The normalized spacial score (nSPS) is 17.1. The molecule has 1 saturated heterocycles. The molecule has 2 amide bonds. The number of carbonyl (C=O) groups excluding carboxylic acids is 2. The summed E-state index contributed by atoms with van der Waals surface area (Å²) in [7, 11) is 0. The van der Waals surface area contributed by atoms with Crippen LogP contribution in [0.5, 0.6) is 0 Å². The second-order valence-corrected chi connectivity index (χ2v) is 6.59. The molecule has 0 radical (unpaired) electrons. The van der Waals surface area contributed by atoms with Crippen molar-refractivity contribution < 1.29 is 9.59 Å². The van der Waals surface area contributed by atoms with Gasteiger partial charge in [-0.1, -0.05) is 18.2 Å². The van der Waals surface area contributed by atoms with Gasteiger partial charge in [-0.15, -0.1) is 0 Å². The highest BCUT2D eigenvalue weighted by molar-refractivity contribution is 6.06. The minimum atomic E-state index is -0.509. The number of amides is 2. The zero-order valence-corrected chi connectivity index (χ0v) is 14.1. The highest BCUT2D eigenvalue weighted by Crippen LogP contribution is 2.26. The van der Waals surface area contributed by atoms with E-state index in [1.807, 2.05) is 24.3 Å². The van der Waals surface area contributed by atoms with Crippen molar-refractivity contribution in [1.29, 1.82) is 0 Å². The number of fused-ring (bicyclic) bond motifs is 1. The molecule has 26 heavy (non-hydrogen) atoms. The van der Waals surface area contributed by atoms with Gasteiger partial charge < -0.3 is 20.3 Å². The Morgan fingerprint density at radius 1 is 1.23 bits per heavy atom. The van der Waals surface area contributed by atoms with Gasteiger partial charge in [0.2, 0.25) is 5.91 Å². The highest BCUT2D eigenvalue weighted by Gasteiger charge is 2.28. The summed E-state index contributed by atoms with van der Waals surface area (Å²) in [4.78, 5) is 37.4. The van der Waals surface area contributed by atoms with Crippen molar-refractivity contribution in [3.8, 4) is 0 Å². The van der Waals surface area contributed by atoms with E-state index in [4.69, 9.17) is 5.73 Å². The quantitative estimate of drug-likeness (QED) is 0.643. The van der Waals surface area contributed by atoms with E-state index >= 15 is 0 Å². The van der Waals surface area contributed by atoms with E-state index in [2.05, 4.69) is 10.2 Å². The molecule has 1 aliphatic rings. The molecule has 1 fully saturated rings. The van der Waals surface area contributed by atoms with Crippen molar-refractivity contribution in [2.45, 2.75) is 18.9 Å². The number of hydrogen-bond donors (Lipinski definition) is 3. The van der Waals surface area contributed by atoms with E-state index in [1.165, 1.54) is 6.07 Å². The Balaban J connectivity index is 1.53. The second kappa shape index (κ2) is 6.21. The molecule has 1 atom stereocenters. The van der Waals surface area contributed by atoms with Crippen LogP contribution in [0, 0.1) is 0 Å². The number of nitrogens with two attached hydrogens (primary N) is 1. The van der Waals surface area contributed by atoms with Crippen LogP contribution >= 0.6 is 0 Å². The third-order valence-corrected chi connectivity index (χ3v) is 4.96. The maximum absolute atomic E-state index is 12.7. The van der Waals surface area contributed by atoms with Crippen molar-refractivity contribution in [3.05, 3.63) is 58.1 Å². The molecule has 4 rings (SSSR count). The fourth-order valence-electron chi connectivity index (χ4n) is 3.63. The van der Waals surface area contributed by atoms with Crippen molar-refractivity contribution in [2.75, 3.05) is 13.1 Å². The summed E-state index contributed by atoms with van der Waals surface area (Å²) in [6.07, 6.45) is 2.45. The highest BCUT2D eigenvalue weighted by atomic mass is 16.2. The monoisotopic (exact) mass is 353 g/mol. The molecule has 3 heterocycles. The first-order valence-corrected chi connectivity index (χ1v) is 8.46. The molecule has 1 unspecified atom stereocenters. The van der Waals surface area contributed by atoms with Gasteiger partial charge >= 0.3 is 0 Å². The number of rotatable bonds is 4. The average molecular weight is 353 g/mol. The molecule has 1 aliphatic heterocycles. The van der Waals surface area contributed by atoms with Crippen LogP contribution in [0.2, 0.25) is 0 Å². The standard InChI is InChI=1S/C18H19N5O3/c19-18(26)13-9-23(15-4-2-1-3-12(13)15)10-17(25)22-6-5-11(8-22)14-7-16(24)21-20-14/h1-4,7,9,11H,5-6,8,10H2,(H2,19,26)(H2,20,21,24). The summed E-state index contributed by atoms with van der Waals surface area (Å²) < 4.78 is 1.77. The number of hydrogen-bond acceptors (Lipinski definition) is 3. The van der Waals surface area contributed by atoms with E-state index in [0.29, 0.717) is 18.7 Å². The first-order valence-electron chi connectivity index (χ1n) is 8.46. The first-order chi connectivity index (χ1) is 12.5. The summed E-state index contributed by atoms with van der Waals surface area (Å²) in [5.74, 6) is -0.410. The molecule has 3 aromatic rings. The van der Waals surface area contributed by atoms with Crippen LogP contribution in [0.25, 0.3) is 10.9 Å². The number of benzene rings is 1. The first kappa shape index (κ1) is 16.2. The second-order valence-electron chi connectivity index (χ2n) is 6.59. The van der Waals surface area contributed by atoms with Gasteiger partial charge in [-0.3, -0.25) is 19.5 Å². The zero-order chi connectivity index (χ0) is 18.3. The van der Waals surface area contributed by atoms with E-state index in [1.54, 1.807) is 15.7 Å². The lowest BCUT2D eigenvalue weighted by Gasteiger charge is -2.17. The Labute approximate surface area is 148 Å². The Kier molecular flexibility index (Phi) is 3.87. The van der Waals surface area contributed by atoms with Crippen LogP contribution in [0.3, 0.4) is 0 Å². The van der Waals surface area contributed by atoms with Crippen molar-refractivity contribution in [1.82, 2.24) is 19.7 Å². The number of H-pyrrole nitrogens is 2. The Morgan fingerprint density at radius 3 is 2.77 bits per heavy atom. The summed E-state index contributed by atoms with van der Waals surface area (Å²) >= 11 is 0. The van der Waals surface area contributed by atoms with Gasteiger partial charge in [0.05, 0.1) is 5.56 Å². The minimum Gasteiger partial charge on any atom is -0.366 e. The van der Waals surface area contributed by atoms with Gasteiger partial charge in [0, 0.05) is 47.9 Å². The van der Waals surface area contributed by atoms with Gasteiger partial charge in [0.25, 0.3) is 11.5 Å². The SMILES string of the molecule is NC(=O)c1cn(CC(=O)N2CCC(c3cc(=O)[nH][nH]3)C2)c2ccccc12. The molecular formula is C18H19N5O3. The molecule has 2 aromatic heterocycles. The topological polar surface area (TPSA) is 117 Å². The number of likely N-dealkylation sites (tertiary alicyclic amines) is 1. The Bertz CT molecular complexity index is 1040. The molecular weight excluding hydrogens is 334 g/mol. The lowest BCUT2D eigenvalue weighted by atomic mass is 10.1. The third-order valence-electron chi connectivity index (χ3n) is 4.96. The van der Waals surface area contributed by atoms with Gasteiger partial charge in [-0.05, 0) is 12.5 Å². The summed E-state index contributed by atoms with van der Waals surface area (Å²) in [5, 5.41) is 6.14. The predicted molar refractivity (Wildman–Crippen MR) is 95.8 cm³/mol.